The van der Waals surface area contributed by atoms with Crippen LogP contribution < -0.4 is 5.32 Å². The Morgan fingerprint density at radius 3 is 2.42 bits per heavy atom. The lowest BCUT2D eigenvalue weighted by molar-refractivity contribution is -0.144. The smallest absolute Gasteiger partial charge is 0.308 e. The van der Waals surface area contributed by atoms with Crippen molar-refractivity contribution in [3.05, 3.63) is 29.8 Å². The second-order valence-corrected chi connectivity index (χ2v) is 6.94. The number of carbonyl (C=O) groups is 2. The van der Waals surface area contributed by atoms with Gasteiger partial charge in [-0.15, -0.1) is 0 Å². The summed E-state index contributed by atoms with van der Waals surface area (Å²) in [6.07, 6.45) is 6.19. The number of nitrogens with one attached hydrogen (secondary N) is 1. The van der Waals surface area contributed by atoms with E-state index in [1.807, 2.05) is 31.2 Å². The molecule has 1 saturated carbocycles. The molecule has 0 aliphatic heterocycles. The number of esters is 1. The van der Waals surface area contributed by atoms with Crippen molar-refractivity contribution in [2.75, 3.05) is 12.4 Å². The van der Waals surface area contributed by atoms with E-state index in [4.69, 9.17) is 4.74 Å². The van der Waals surface area contributed by atoms with Crippen LogP contribution in [0.2, 0.25) is 0 Å². The summed E-state index contributed by atoms with van der Waals surface area (Å²) in [6, 6.07) is 7.72. The molecule has 1 aromatic carbocycles. The van der Waals surface area contributed by atoms with Crippen LogP contribution in [0.5, 0.6) is 0 Å². The summed E-state index contributed by atoms with van der Waals surface area (Å²) in [5.41, 5.74) is 1.88. The largest absolute Gasteiger partial charge is 0.469 e. The number of benzene rings is 1. The molecule has 2 unspecified atom stereocenters. The molecule has 132 valence electrons. The topological polar surface area (TPSA) is 55.4 Å². The first-order valence-electron chi connectivity index (χ1n) is 9.00. The molecule has 0 aromatic heterocycles. The Morgan fingerprint density at radius 1 is 1.25 bits per heavy atom. The highest BCUT2D eigenvalue weighted by atomic mass is 16.5. The summed E-state index contributed by atoms with van der Waals surface area (Å²) in [5, 5.41) is 2.99. The van der Waals surface area contributed by atoms with Gasteiger partial charge in [0, 0.05) is 12.1 Å². The average Bonchev–Trinajstić information content (AvgIpc) is 2.53. The number of carbonyl (C=O) groups excluding carboxylic acids is 2. The van der Waals surface area contributed by atoms with Crippen LogP contribution in [0.15, 0.2) is 24.3 Å². The van der Waals surface area contributed by atoms with Crippen LogP contribution in [-0.2, 0) is 20.7 Å². The number of rotatable bonds is 8. The molecular weight excluding hydrogens is 302 g/mol. The van der Waals surface area contributed by atoms with E-state index in [0.717, 1.165) is 23.6 Å². The Bertz CT molecular complexity index is 549. The van der Waals surface area contributed by atoms with E-state index in [-0.39, 0.29) is 17.8 Å². The zero-order chi connectivity index (χ0) is 17.5. The summed E-state index contributed by atoms with van der Waals surface area (Å²) < 4.78 is 4.75. The van der Waals surface area contributed by atoms with Crippen molar-refractivity contribution in [2.45, 2.75) is 52.4 Å². The third-order valence-corrected chi connectivity index (χ3v) is 5.17. The van der Waals surface area contributed by atoms with Crippen LogP contribution in [0.4, 0.5) is 5.69 Å². The van der Waals surface area contributed by atoms with E-state index in [2.05, 4.69) is 12.2 Å². The molecule has 0 heterocycles. The summed E-state index contributed by atoms with van der Waals surface area (Å²) in [4.78, 5) is 23.7. The second kappa shape index (κ2) is 8.86. The number of methoxy groups -OCH3 is 1. The van der Waals surface area contributed by atoms with E-state index in [0.29, 0.717) is 18.8 Å². The molecule has 1 aliphatic carbocycles. The SMILES string of the molecule is CCC(CC(=O)Nc1ccc(CC(C)C(=O)OC)cc1)C1CCC1. The molecule has 4 nitrogen and oxygen atoms in total. The molecule has 0 bridgehead atoms. The van der Waals surface area contributed by atoms with Gasteiger partial charge in [-0.3, -0.25) is 9.59 Å². The number of ether oxygens (including phenoxy) is 1. The molecule has 1 aliphatic rings. The molecule has 2 atom stereocenters. The fourth-order valence-electron chi connectivity index (χ4n) is 3.37. The van der Waals surface area contributed by atoms with Crippen molar-refractivity contribution in [1.82, 2.24) is 0 Å². The normalized spacial score (nSPS) is 16.8. The average molecular weight is 331 g/mol. The number of anilines is 1. The fraction of sp³-hybridized carbons (Fsp3) is 0.600. The lowest BCUT2D eigenvalue weighted by Crippen LogP contribution is -2.26. The van der Waals surface area contributed by atoms with Gasteiger partial charge in [0.2, 0.25) is 5.91 Å². The summed E-state index contributed by atoms with van der Waals surface area (Å²) >= 11 is 0. The first-order valence-corrected chi connectivity index (χ1v) is 9.00. The lowest BCUT2D eigenvalue weighted by atomic mass is 9.73. The second-order valence-electron chi connectivity index (χ2n) is 6.94. The van der Waals surface area contributed by atoms with Gasteiger partial charge in [-0.2, -0.15) is 0 Å². The maximum Gasteiger partial charge on any atom is 0.308 e. The van der Waals surface area contributed by atoms with Crippen molar-refractivity contribution in [3.8, 4) is 0 Å². The third-order valence-electron chi connectivity index (χ3n) is 5.17. The Balaban J connectivity index is 1.84. The van der Waals surface area contributed by atoms with Crippen molar-refractivity contribution >= 4 is 17.6 Å². The molecule has 0 radical (unpaired) electrons. The standard InChI is InChI=1S/C20H29NO3/c1-4-16(17-6-5-7-17)13-19(22)21-18-10-8-15(9-11-18)12-14(2)20(23)24-3/h8-11,14,16-17H,4-7,12-13H2,1-3H3,(H,21,22). The molecule has 2 rings (SSSR count). The van der Waals surface area contributed by atoms with Gasteiger partial charge in [0.1, 0.15) is 0 Å². The molecule has 1 amide bonds. The van der Waals surface area contributed by atoms with Gasteiger partial charge in [0.25, 0.3) is 0 Å². The van der Waals surface area contributed by atoms with Gasteiger partial charge in [0.05, 0.1) is 13.0 Å². The van der Waals surface area contributed by atoms with Crippen molar-refractivity contribution in [3.63, 3.8) is 0 Å². The highest BCUT2D eigenvalue weighted by Gasteiger charge is 2.27. The molecule has 0 spiro atoms. The van der Waals surface area contributed by atoms with Crippen LogP contribution in [0.25, 0.3) is 0 Å². The van der Waals surface area contributed by atoms with Gasteiger partial charge in [-0.05, 0) is 36.0 Å². The molecule has 24 heavy (non-hydrogen) atoms. The van der Waals surface area contributed by atoms with Crippen molar-refractivity contribution in [1.29, 1.82) is 0 Å². The zero-order valence-electron chi connectivity index (χ0n) is 15.0. The minimum absolute atomic E-state index is 0.101. The van der Waals surface area contributed by atoms with E-state index in [1.54, 1.807) is 0 Å². The number of hydrogen-bond donors (Lipinski definition) is 1. The number of hydrogen-bond acceptors (Lipinski definition) is 3. The van der Waals surface area contributed by atoms with Crippen LogP contribution in [-0.4, -0.2) is 19.0 Å². The molecule has 1 N–H and O–H groups in total. The maximum absolute atomic E-state index is 12.2. The van der Waals surface area contributed by atoms with Gasteiger partial charge in [-0.1, -0.05) is 51.7 Å². The Kier molecular flexibility index (Phi) is 6.83. The van der Waals surface area contributed by atoms with Gasteiger partial charge < -0.3 is 10.1 Å². The maximum atomic E-state index is 12.2. The van der Waals surface area contributed by atoms with Crippen LogP contribution >= 0.6 is 0 Å². The van der Waals surface area contributed by atoms with Gasteiger partial charge in [0.15, 0.2) is 0 Å². The van der Waals surface area contributed by atoms with Crippen LogP contribution in [0.1, 0.15) is 51.5 Å². The van der Waals surface area contributed by atoms with E-state index < -0.39 is 0 Å². The van der Waals surface area contributed by atoms with E-state index in [9.17, 15) is 9.59 Å². The predicted octanol–water partition coefficient (Wildman–Crippen LogP) is 4.19. The Labute approximate surface area is 145 Å². The summed E-state index contributed by atoms with van der Waals surface area (Å²) in [7, 11) is 1.41. The summed E-state index contributed by atoms with van der Waals surface area (Å²) in [5.74, 6) is 0.989. The zero-order valence-corrected chi connectivity index (χ0v) is 15.0. The molecule has 0 saturated heterocycles. The minimum Gasteiger partial charge on any atom is -0.469 e. The van der Waals surface area contributed by atoms with Crippen LogP contribution in [0, 0.1) is 17.8 Å². The van der Waals surface area contributed by atoms with Crippen LogP contribution in [0.3, 0.4) is 0 Å². The van der Waals surface area contributed by atoms with Crippen molar-refractivity contribution in [2.24, 2.45) is 17.8 Å². The molecule has 1 fully saturated rings. The minimum atomic E-state index is -0.200. The Hall–Kier alpha value is -1.84. The van der Waals surface area contributed by atoms with Gasteiger partial charge >= 0.3 is 5.97 Å². The molecule has 4 heteroatoms. The highest BCUT2D eigenvalue weighted by Crippen LogP contribution is 2.36. The lowest BCUT2D eigenvalue weighted by Gasteiger charge is -2.32. The van der Waals surface area contributed by atoms with E-state index >= 15 is 0 Å². The van der Waals surface area contributed by atoms with Crippen molar-refractivity contribution < 1.29 is 14.3 Å². The van der Waals surface area contributed by atoms with E-state index in [1.165, 1.54) is 26.4 Å². The van der Waals surface area contributed by atoms with Gasteiger partial charge in [-0.25, -0.2) is 0 Å². The fourth-order valence-corrected chi connectivity index (χ4v) is 3.37. The predicted molar refractivity (Wildman–Crippen MR) is 95.7 cm³/mol. The molecular formula is C20H29NO3. The first-order chi connectivity index (χ1) is 11.5. The third kappa shape index (κ3) is 5.08. The first kappa shape index (κ1) is 18.5. The number of amides is 1. The summed E-state index contributed by atoms with van der Waals surface area (Å²) in [6.45, 7) is 4.03. The quantitative estimate of drug-likeness (QED) is 0.727. The Morgan fingerprint density at radius 2 is 1.92 bits per heavy atom. The monoisotopic (exact) mass is 331 g/mol. The molecule has 1 aromatic rings. The highest BCUT2D eigenvalue weighted by molar-refractivity contribution is 5.90.